The zero-order chi connectivity index (χ0) is 14.4. The molecule has 0 aromatic carbocycles. The summed E-state index contributed by atoms with van der Waals surface area (Å²) in [7, 11) is 0. The minimum absolute atomic E-state index is 0.273. The van der Waals surface area contributed by atoms with Crippen molar-refractivity contribution in [2.45, 2.75) is 53.1 Å². The second-order valence-corrected chi connectivity index (χ2v) is 5.22. The van der Waals surface area contributed by atoms with Crippen LogP contribution < -0.4 is 10.6 Å². The van der Waals surface area contributed by atoms with E-state index in [2.05, 4.69) is 41.4 Å². The number of nitrogens with one attached hydrogen (secondary N) is 2. The van der Waals surface area contributed by atoms with Gasteiger partial charge in [-0.2, -0.15) is 0 Å². The Labute approximate surface area is 115 Å². The number of aromatic nitrogens is 2. The molecule has 0 radical (unpaired) electrons. The molecule has 0 amide bonds. The fourth-order valence-corrected chi connectivity index (χ4v) is 1.62. The third-order valence-electron chi connectivity index (χ3n) is 2.79. The number of aliphatic hydroxyl groups excluding tert-OH is 1. The van der Waals surface area contributed by atoms with Gasteiger partial charge in [0, 0.05) is 24.6 Å². The van der Waals surface area contributed by atoms with Gasteiger partial charge in [-0.3, -0.25) is 0 Å². The minimum Gasteiger partial charge on any atom is -0.392 e. The van der Waals surface area contributed by atoms with Crippen LogP contribution in [0.25, 0.3) is 0 Å². The lowest BCUT2D eigenvalue weighted by molar-refractivity contribution is 0.208. The van der Waals surface area contributed by atoms with E-state index in [0.29, 0.717) is 6.54 Å². The Morgan fingerprint density at radius 1 is 1.11 bits per heavy atom. The number of nitrogens with zero attached hydrogens (tertiary/aromatic N) is 2. The van der Waals surface area contributed by atoms with Gasteiger partial charge in [0.15, 0.2) is 0 Å². The van der Waals surface area contributed by atoms with Crippen molar-refractivity contribution in [3.8, 4) is 0 Å². The number of rotatable bonds is 7. The molecule has 19 heavy (non-hydrogen) atoms. The third-order valence-corrected chi connectivity index (χ3v) is 2.79. The first-order valence-corrected chi connectivity index (χ1v) is 7.00. The Bertz CT molecular complexity index is 405. The molecule has 0 aliphatic rings. The monoisotopic (exact) mass is 266 g/mol. The van der Waals surface area contributed by atoms with Crippen LogP contribution >= 0.6 is 0 Å². The molecule has 1 unspecified atom stereocenters. The van der Waals surface area contributed by atoms with Gasteiger partial charge in [0.2, 0.25) is 0 Å². The molecule has 0 saturated heterocycles. The molecule has 0 fully saturated rings. The third kappa shape index (κ3) is 4.67. The molecule has 0 aliphatic heterocycles. The average molecular weight is 266 g/mol. The Kier molecular flexibility index (Phi) is 6.02. The zero-order valence-electron chi connectivity index (χ0n) is 12.6. The van der Waals surface area contributed by atoms with E-state index in [4.69, 9.17) is 0 Å². The quantitative estimate of drug-likeness (QED) is 0.707. The van der Waals surface area contributed by atoms with E-state index in [-0.39, 0.29) is 5.92 Å². The van der Waals surface area contributed by atoms with Crippen molar-refractivity contribution in [3.63, 3.8) is 0 Å². The van der Waals surface area contributed by atoms with Gasteiger partial charge >= 0.3 is 0 Å². The van der Waals surface area contributed by atoms with Crippen molar-refractivity contribution in [1.82, 2.24) is 9.97 Å². The van der Waals surface area contributed by atoms with Crippen molar-refractivity contribution >= 4 is 11.6 Å². The van der Waals surface area contributed by atoms with Crippen LogP contribution in [0.15, 0.2) is 0 Å². The van der Waals surface area contributed by atoms with Gasteiger partial charge in [-0.1, -0.05) is 20.8 Å². The standard InChI is InChI=1S/C14H26N4O/c1-6-7-15-13-11(5)14(16-8-10(4)19)18-12(17-13)9(2)3/h9-10,19H,6-8H2,1-5H3,(H2,15,16,17,18). The van der Waals surface area contributed by atoms with Crippen LogP contribution in [0.5, 0.6) is 0 Å². The average Bonchev–Trinajstić information content (AvgIpc) is 2.35. The van der Waals surface area contributed by atoms with E-state index >= 15 is 0 Å². The second-order valence-electron chi connectivity index (χ2n) is 5.22. The maximum absolute atomic E-state index is 9.37. The van der Waals surface area contributed by atoms with Gasteiger partial charge in [0.05, 0.1) is 6.10 Å². The Morgan fingerprint density at radius 3 is 2.16 bits per heavy atom. The van der Waals surface area contributed by atoms with Crippen LogP contribution in [0, 0.1) is 6.92 Å². The summed E-state index contributed by atoms with van der Waals surface area (Å²) in [5, 5.41) is 15.9. The first kappa shape index (κ1) is 15.7. The number of aliphatic hydroxyl groups is 1. The van der Waals surface area contributed by atoms with E-state index < -0.39 is 6.10 Å². The highest BCUT2D eigenvalue weighted by Crippen LogP contribution is 2.23. The molecule has 0 spiro atoms. The maximum Gasteiger partial charge on any atom is 0.135 e. The lowest BCUT2D eigenvalue weighted by atomic mass is 10.2. The number of hydrogen-bond donors (Lipinski definition) is 3. The van der Waals surface area contributed by atoms with E-state index in [1.165, 1.54) is 0 Å². The van der Waals surface area contributed by atoms with Crippen molar-refractivity contribution < 1.29 is 5.11 Å². The number of hydrogen-bond acceptors (Lipinski definition) is 5. The lowest BCUT2D eigenvalue weighted by Crippen LogP contribution is -2.19. The van der Waals surface area contributed by atoms with Crippen LogP contribution in [0.1, 0.15) is 51.4 Å². The first-order chi connectivity index (χ1) is 8.95. The maximum atomic E-state index is 9.37. The predicted molar refractivity (Wildman–Crippen MR) is 79.8 cm³/mol. The highest BCUT2D eigenvalue weighted by Gasteiger charge is 2.13. The molecular weight excluding hydrogens is 240 g/mol. The normalized spacial score (nSPS) is 12.6. The van der Waals surface area contributed by atoms with Crippen molar-refractivity contribution in [3.05, 3.63) is 11.4 Å². The van der Waals surface area contributed by atoms with Crippen molar-refractivity contribution in [1.29, 1.82) is 0 Å². The Morgan fingerprint density at radius 2 is 1.68 bits per heavy atom. The largest absolute Gasteiger partial charge is 0.392 e. The van der Waals surface area contributed by atoms with Crippen molar-refractivity contribution in [2.75, 3.05) is 23.7 Å². The Hall–Kier alpha value is -1.36. The molecule has 1 atom stereocenters. The van der Waals surface area contributed by atoms with Crippen LogP contribution in [0.4, 0.5) is 11.6 Å². The van der Waals surface area contributed by atoms with Gasteiger partial charge in [0.25, 0.3) is 0 Å². The molecule has 1 aromatic rings. The van der Waals surface area contributed by atoms with E-state index in [0.717, 1.165) is 36.0 Å². The molecule has 5 nitrogen and oxygen atoms in total. The molecule has 1 heterocycles. The second kappa shape index (κ2) is 7.28. The van der Waals surface area contributed by atoms with E-state index in [1.807, 2.05) is 6.92 Å². The van der Waals surface area contributed by atoms with Gasteiger partial charge in [-0.15, -0.1) is 0 Å². The number of anilines is 2. The molecule has 0 aliphatic carbocycles. The van der Waals surface area contributed by atoms with Crippen LogP contribution in [-0.2, 0) is 0 Å². The lowest BCUT2D eigenvalue weighted by Gasteiger charge is -2.16. The molecule has 0 bridgehead atoms. The highest BCUT2D eigenvalue weighted by atomic mass is 16.3. The summed E-state index contributed by atoms with van der Waals surface area (Å²) in [5.41, 5.74) is 0.999. The zero-order valence-corrected chi connectivity index (χ0v) is 12.6. The fraction of sp³-hybridized carbons (Fsp3) is 0.714. The summed E-state index contributed by atoms with van der Waals surface area (Å²) in [4.78, 5) is 9.11. The Balaban J connectivity index is 3.02. The van der Waals surface area contributed by atoms with Gasteiger partial charge < -0.3 is 15.7 Å². The molecule has 1 rings (SSSR count). The van der Waals surface area contributed by atoms with E-state index in [1.54, 1.807) is 6.92 Å². The van der Waals surface area contributed by atoms with Gasteiger partial charge in [0.1, 0.15) is 17.5 Å². The van der Waals surface area contributed by atoms with Crippen molar-refractivity contribution in [2.24, 2.45) is 0 Å². The molecule has 1 aromatic heterocycles. The molecule has 108 valence electrons. The summed E-state index contributed by atoms with van der Waals surface area (Å²) >= 11 is 0. The van der Waals surface area contributed by atoms with Crippen LogP contribution in [0.3, 0.4) is 0 Å². The first-order valence-electron chi connectivity index (χ1n) is 7.00. The van der Waals surface area contributed by atoms with E-state index in [9.17, 15) is 5.11 Å². The minimum atomic E-state index is -0.399. The topological polar surface area (TPSA) is 70.1 Å². The summed E-state index contributed by atoms with van der Waals surface area (Å²) in [6, 6.07) is 0. The molecular formula is C14H26N4O. The highest BCUT2D eigenvalue weighted by molar-refractivity contribution is 5.57. The van der Waals surface area contributed by atoms with Crippen LogP contribution in [-0.4, -0.2) is 34.3 Å². The van der Waals surface area contributed by atoms with Crippen LogP contribution in [0.2, 0.25) is 0 Å². The molecule has 5 heteroatoms. The van der Waals surface area contributed by atoms with Gasteiger partial charge in [-0.25, -0.2) is 9.97 Å². The molecule has 0 saturated carbocycles. The molecule has 3 N–H and O–H groups in total. The summed E-state index contributed by atoms with van der Waals surface area (Å²) in [6.45, 7) is 11.4. The predicted octanol–water partition coefficient (Wildman–Crippen LogP) is 2.52. The fourth-order valence-electron chi connectivity index (χ4n) is 1.62. The van der Waals surface area contributed by atoms with Gasteiger partial charge in [-0.05, 0) is 20.3 Å². The SMILES string of the molecule is CCCNc1nc(C(C)C)nc(NCC(C)O)c1C. The summed E-state index contributed by atoms with van der Waals surface area (Å²) in [6.07, 6.45) is 0.653. The summed E-state index contributed by atoms with van der Waals surface area (Å²) in [5.74, 6) is 2.78. The smallest absolute Gasteiger partial charge is 0.135 e. The summed E-state index contributed by atoms with van der Waals surface area (Å²) < 4.78 is 0.